The summed E-state index contributed by atoms with van der Waals surface area (Å²) in [5, 5.41) is 6.13. The molecule has 2 aromatic carbocycles. The van der Waals surface area contributed by atoms with E-state index in [0.717, 1.165) is 22.2 Å². The molecule has 7 heteroatoms. The number of ether oxygens (including phenoxy) is 1. The second-order valence-electron chi connectivity index (χ2n) is 5.47. The van der Waals surface area contributed by atoms with Crippen molar-refractivity contribution in [3.8, 4) is 5.75 Å². The summed E-state index contributed by atoms with van der Waals surface area (Å²) >= 11 is 0. The largest absolute Gasteiger partial charge is 0.489 e. The van der Waals surface area contributed by atoms with Gasteiger partial charge in [-0.2, -0.15) is 0 Å². The number of aryl methyl sites for hydroxylation is 1. The Morgan fingerprint density at radius 3 is 2.62 bits per heavy atom. The van der Waals surface area contributed by atoms with E-state index in [1.54, 1.807) is 0 Å². The molecule has 0 spiro atoms. The molecule has 0 unspecified atom stereocenters. The van der Waals surface area contributed by atoms with Gasteiger partial charge in [-0.05, 0) is 25.1 Å². The van der Waals surface area contributed by atoms with Crippen LogP contribution in [0.1, 0.15) is 11.3 Å². The molecule has 3 aromatic rings. The van der Waals surface area contributed by atoms with Gasteiger partial charge in [0.2, 0.25) is 10.0 Å². The van der Waals surface area contributed by atoms with Gasteiger partial charge in [-0.15, -0.1) is 0 Å². The summed E-state index contributed by atoms with van der Waals surface area (Å²) in [5.41, 5.74) is 8.54. The molecule has 0 saturated heterocycles. The fourth-order valence-corrected chi connectivity index (χ4v) is 3.10. The number of hydrogen-bond acceptors (Lipinski definition) is 5. The monoisotopic (exact) mass is 343 g/mol. The fourth-order valence-electron chi connectivity index (χ4n) is 2.46. The van der Waals surface area contributed by atoms with Crippen LogP contribution in [0.2, 0.25) is 0 Å². The minimum absolute atomic E-state index is 0.0573. The summed E-state index contributed by atoms with van der Waals surface area (Å²) in [6.45, 7) is 2.23. The molecule has 1 heterocycles. The number of aromatic nitrogens is 1. The zero-order chi connectivity index (χ0) is 17.3. The molecule has 124 valence electrons. The van der Waals surface area contributed by atoms with Gasteiger partial charge >= 0.3 is 0 Å². The lowest BCUT2D eigenvalue weighted by Crippen LogP contribution is -2.14. The zero-order valence-electron chi connectivity index (χ0n) is 13.1. The SMILES string of the molecule is Cc1ccc2cccc(COc3ccc(S(N)(=O)=O)c(N)c3)c2n1. The first-order valence-corrected chi connectivity index (χ1v) is 8.79. The molecule has 0 bridgehead atoms. The summed E-state index contributed by atoms with van der Waals surface area (Å²) in [4.78, 5) is 4.44. The smallest absolute Gasteiger partial charge is 0.240 e. The number of benzene rings is 2. The first-order valence-electron chi connectivity index (χ1n) is 7.25. The third-order valence-corrected chi connectivity index (χ3v) is 4.61. The van der Waals surface area contributed by atoms with E-state index >= 15 is 0 Å². The topological polar surface area (TPSA) is 108 Å². The number of rotatable bonds is 4. The standard InChI is InChI=1S/C17H17N3O3S/c1-11-5-6-12-3-2-4-13(17(12)20-11)10-23-14-7-8-16(15(18)9-14)24(19,21)22/h2-9H,10,18H2,1H3,(H2,19,21,22). The number of nitrogens with zero attached hydrogens (tertiary/aromatic N) is 1. The first kappa shape index (κ1) is 16.2. The van der Waals surface area contributed by atoms with Gasteiger partial charge in [0.05, 0.1) is 11.2 Å². The van der Waals surface area contributed by atoms with Crippen LogP contribution in [-0.4, -0.2) is 13.4 Å². The van der Waals surface area contributed by atoms with E-state index < -0.39 is 10.0 Å². The Kier molecular flexibility index (Phi) is 4.13. The molecular weight excluding hydrogens is 326 g/mol. The highest BCUT2D eigenvalue weighted by Gasteiger charge is 2.13. The van der Waals surface area contributed by atoms with Crippen molar-refractivity contribution in [2.24, 2.45) is 5.14 Å². The Bertz CT molecular complexity index is 1020. The fraction of sp³-hybridized carbons (Fsp3) is 0.118. The molecule has 4 N–H and O–H groups in total. The summed E-state index contributed by atoms with van der Waals surface area (Å²) in [7, 11) is -3.84. The molecule has 6 nitrogen and oxygen atoms in total. The second-order valence-corrected chi connectivity index (χ2v) is 7.00. The van der Waals surface area contributed by atoms with Crippen LogP contribution >= 0.6 is 0 Å². The van der Waals surface area contributed by atoms with Gasteiger partial charge in [-0.25, -0.2) is 13.6 Å². The predicted molar refractivity (Wildman–Crippen MR) is 93.0 cm³/mol. The number of anilines is 1. The predicted octanol–water partition coefficient (Wildman–Crippen LogP) is 2.35. The number of para-hydroxylation sites is 1. The Morgan fingerprint density at radius 1 is 1.12 bits per heavy atom. The lowest BCUT2D eigenvalue weighted by atomic mass is 10.1. The quantitative estimate of drug-likeness (QED) is 0.707. The van der Waals surface area contributed by atoms with Crippen LogP contribution < -0.4 is 15.6 Å². The number of fused-ring (bicyclic) bond motifs is 1. The molecule has 0 atom stereocenters. The molecule has 0 amide bonds. The molecular formula is C17H17N3O3S. The van der Waals surface area contributed by atoms with E-state index in [9.17, 15) is 8.42 Å². The average Bonchev–Trinajstić information content (AvgIpc) is 2.51. The van der Waals surface area contributed by atoms with Crippen LogP contribution in [0.5, 0.6) is 5.75 Å². The normalized spacial score (nSPS) is 11.6. The highest BCUT2D eigenvalue weighted by atomic mass is 32.2. The van der Waals surface area contributed by atoms with Gasteiger partial charge in [-0.1, -0.05) is 24.3 Å². The van der Waals surface area contributed by atoms with Gasteiger partial charge in [0.15, 0.2) is 0 Å². The summed E-state index contributed by atoms with van der Waals surface area (Å²) in [6.07, 6.45) is 0. The number of hydrogen-bond donors (Lipinski definition) is 2. The summed E-state index contributed by atoms with van der Waals surface area (Å²) in [5.74, 6) is 0.463. The molecule has 0 aliphatic carbocycles. The van der Waals surface area contributed by atoms with Crippen molar-refractivity contribution in [1.29, 1.82) is 0 Å². The highest BCUT2D eigenvalue weighted by Crippen LogP contribution is 2.25. The highest BCUT2D eigenvalue weighted by molar-refractivity contribution is 7.89. The average molecular weight is 343 g/mol. The molecule has 3 rings (SSSR count). The van der Waals surface area contributed by atoms with Crippen molar-refractivity contribution in [3.63, 3.8) is 0 Å². The maximum Gasteiger partial charge on any atom is 0.240 e. The Morgan fingerprint density at radius 2 is 1.92 bits per heavy atom. The lowest BCUT2D eigenvalue weighted by molar-refractivity contribution is 0.307. The Balaban J connectivity index is 1.87. The molecule has 1 aromatic heterocycles. The number of nitrogen functional groups attached to an aromatic ring is 1. The van der Waals surface area contributed by atoms with Crippen molar-refractivity contribution in [2.45, 2.75) is 18.4 Å². The lowest BCUT2D eigenvalue weighted by Gasteiger charge is -2.11. The van der Waals surface area contributed by atoms with Crippen molar-refractivity contribution in [1.82, 2.24) is 4.98 Å². The van der Waals surface area contributed by atoms with E-state index in [2.05, 4.69) is 4.98 Å². The van der Waals surface area contributed by atoms with E-state index in [0.29, 0.717) is 12.4 Å². The van der Waals surface area contributed by atoms with Crippen molar-refractivity contribution in [3.05, 3.63) is 59.8 Å². The second kappa shape index (κ2) is 6.10. The first-order chi connectivity index (χ1) is 11.3. The number of primary sulfonamides is 1. The van der Waals surface area contributed by atoms with Crippen LogP contribution in [-0.2, 0) is 16.6 Å². The van der Waals surface area contributed by atoms with E-state index in [1.807, 2.05) is 37.3 Å². The third kappa shape index (κ3) is 3.32. The Hall–Kier alpha value is -2.64. The number of pyridine rings is 1. The van der Waals surface area contributed by atoms with Crippen molar-refractivity contribution >= 4 is 26.6 Å². The molecule has 0 saturated carbocycles. The summed E-state index contributed by atoms with van der Waals surface area (Å²) in [6, 6.07) is 14.2. The molecule has 24 heavy (non-hydrogen) atoms. The third-order valence-electron chi connectivity index (χ3n) is 3.63. The molecule has 0 aliphatic heterocycles. The molecule has 0 radical (unpaired) electrons. The Labute approximate surface area is 140 Å². The van der Waals surface area contributed by atoms with Crippen molar-refractivity contribution in [2.75, 3.05) is 5.73 Å². The van der Waals surface area contributed by atoms with Crippen LogP contribution in [0.3, 0.4) is 0 Å². The van der Waals surface area contributed by atoms with E-state index in [-0.39, 0.29) is 10.6 Å². The van der Waals surface area contributed by atoms with Crippen LogP contribution in [0.15, 0.2) is 53.4 Å². The summed E-state index contributed by atoms with van der Waals surface area (Å²) < 4.78 is 28.5. The minimum atomic E-state index is -3.84. The zero-order valence-corrected chi connectivity index (χ0v) is 13.9. The maximum atomic E-state index is 11.4. The number of sulfonamides is 1. The van der Waals surface area contributed by atoms with Crippen LogP contribution in [0.4, 0.5) is 5.69 Å². The maximum absolute atomic E-state index is 11.4. The van der Waals surface area contributed by atoms with Crippen LogP contribution in [0.25, 0.3) is 10.9 Å². The van der Waals surface area contributed by atoms with Crippen molar-refractivity contribution < 1.29 is 13.2 Å². The van der Waals surface area contributed by atoms with Crippen LogP contribution in [0, 0.1) is 6.92 Å². The van der Waals surface area contributed by atoms with Gasteiger partial charge in [0, 0.05) is 22.7 Å². The van der Waals surface area contributed by atoms with Gasteiger partial charge < -0.3 is 10.5 Å². The van der Waals surface area contributed by atoms with Gasteiger partial charge in [0.1, 0.15) is 17.3 Å². The number of nitrogens with two attached hydrogens (primary N) is 2. The minimum Gasteiger partial charge on any atom is -0.489 e. The van der Waals surface area contributed by atoms with E-state index in [1.165, 1.54) is 18.2 Å². The molecule has 0 fully saturated rings. The van der Waals surface area contributed by atoms with E-state index in [4.69, 9.17) is 15.6 Å². The van der Waals surface area contributed by atoms with Gasteiger partial charge in [-0.3, -0.25) is 4.98 Å². The van der Waals surface area contributed by atoms with Gasteiger partial charge in [0.25, 0.3) is 0 Å². The molecule has 0 aliphatic rings.